The Hall–Kier alpha value is -2.26. The summed E-state index contributed by atoms with van der Waals surface area (Å²) >= 11 is 0. The molecule has 1 heterocycles. The van der Waals surface area contributed by atoms with Crippen LogP contribution in [0, 0.1) is 0 Å². The molecule has 14 heavy (non-hydrogen) atoms. The molecule has 0 spiro atoms. The molecule has 0 aliphatic carbocycles. The van der Waals surface area contributed by atoms with Crippen LogP contribution in [0.2, 0.25) is 0 Å². The molecule has 0 N–H and O–H groups in total. The van der Waals surface area contributed by atoms with E-state index in [1.54, 1.807) is 18.2 Å². The maximum atomic E-state index is 11.2. The van der Waals surface area contributed by atoms with E-state index < -0.39 is 5.63 Å². The number of rotatable bonds is 1. The fourth-order valence-corrected chi connectivity index (χ4v) is 1.17. The molecular weight excluding hydrogens is 182 g/mol. The fourth-order valence-electron chi connectivity index (χ4n) is 1.17. The third kappa shape index (κ3) is 1.32. The van der Waals surface area contributed by atoms with Gasteiger partial charge in [0.05, 0.1) is 0 Å². The number of hydrogen-bond acceptors (Lipinski definition) is 3. The second kappa shape index (κ2) is 3.24. The molecule has 2 rings (SSSR count). The Morgan fingerprint density at radius 3 is 2.93 bits per heavy atom. The Bertz CT molecular complexity index is 582. The number of para-hydroxylation sites is 1. The zero-order valence-electron chi connectivity index (χ0n) is 7.04. The van der Waals surface area contributed by atoms with Gasteiger partial charge in [0.2, 0.25) is 0 Å². The summed E-state index contributed by atoms with van der Waals surface area (Å²) in [5.41, 5.74) is 8.03. The molecule has 68 valence electrons. The normalized spacial score (nSPS) is 9.71. The van der Waals surface area contributed by atoms with Crippen LogP contribution in [0.5, 0.6) is 0 Å². The summed E-state index contributed by atoms with van der Waals surface area (Å²) in [7, 11) is 0. The molecule has 0 bridgehead atoms. The van der Waals surface area contributed by atoms with E-state index in [-0.39, 0.29) is 5.69 Å². The number of fused-ring (bicyclic) bond motifs is 1. The molecule has 0 saturated carbocycles. The van der Waals surface area contributed by atoms with Crippen LogP contribution in [0.3, 0.4) is 0 Å². The standard InChI is InChI=1S/C9H5N3O2/c10-12-11-7-5-6-3-1-2-4-8(6)14-9(7)13/h1-5H. The Morgan fingerprint density at radius 2 is 2.14 bits per heavy atom. The van der Waals surface area contributed by atoms with Gasteiger partial charge in [0.25, 0.3) is 0 Å². The predicted molar refractivity (Wildman–Crippen MR) is 51.3 cm³/mol. The molecule has 0 fully saturated rings. The lowest BCUT2D eigenvalue weighted by molar-refractivity contribution is 0.562. The van der Waals surface area contributed by atoms with Crippen LogP contribution in [0.1, 0.15) is 0 Å². The maximum absolute atomic E-state index is 11.2. The molecule has 1 aromatic carbocycles. The molecule has 0 aliphatic rings. The van der Waals surface area contributed by atoms with Gasteiger partial charge in [-0.05, 0) is 17.7 Å². The van der Waals surface area contributed by atoms with E-state index in [0.29, 0.717) is 5.58 Å². The molecule has 5 nitrogen and oxygen atoms in total. The Morgan fingerprint density at radius 1 is 1.36 bits per heavy atom. The average Bonchev–Trinajstić information content (AvgIpc) is 2.19. The monoisotopic (exact) mass is 187 g/mol. The van der Waals surface area contributed by atoms with Crippen molar-refractivity contribution >= 4 is 16.7 Å². The minimum absolute atomic E-state index is 0.0220. The highest BCUT2D eigenvalue weighted by Gasteiger charge is 2.01. The van der Waals surface area contributed by atoms with E-state index in [1.807, 2.05) is 6.07 Å². The third-order valence-electron chi connectivity index (χ3n) is 1.78. The molecule has 0 aliphatic heterocycles. The van der Waals surface area contributed by atoms with Gasteiger partial charge in [-0.2, -0.15) is 0 Å². The molecule has 0 radical (unpaired) electrons. The number of benzene rings is 1. The SMILES string of the molecule is [N-]=[N+]=Nc1cc2ccccc2oc1=O. The van der Waals surface area contributed by atoms with Gasteiger partial charge in [-0.3, -0.25) is 0 Å². The van der Waals surface area contributed by atoms with E-state index in [1.165, 1.54) is 6.07 Å². The summed E-state index contributed by atoms with van der Waals surface area (Å²) in [5, 5.41) is 3.96. The van der Waals surface area contributed by atoms with Gasteiger partial charge in [0, 0.05) is 10.3 Å². The van der Waals surface area contributed by atoms with Crippen LogP contribution in [0.4, 0.5) is 5.69 Å². The number of nitrogens with zero attached hydrogens (tertiary/aromatic N) is 3. The zero-order valence-corrected chi connectivity index (χ0v) is 7.04. The molecule has 0 amide bonds. The quantitative estimate of drug-likeness (QED) is 0.297. The molecule has 0 saturated heterocycles. The highest BCUT2D eigenvalue weighted by Crippen LogP contribution is 2.16. The molecule has 2 aromatic rings. The third-order valence-corrected chi connectivity index (χ3v) is 1.78. The largest absolute Gasteiger partial charge is 0.422 e. The van der Waals surface area contributed by atoms with E-state index in [0.717, 1.165) is 5.39 Å². The first-order valence-corrected chi connectivity index (χ1v) is 3.89. The molecule has 5 heteroatoms. The van der Waals surface area contributed by atoms with Crippen molar-refractivity contribution in [1.29, 1.82) is 0 Å². The van der Waals surface area contributed by atoms with E-state index in [2.05, 4.69) is 10.0 Å². The van der Waals surface area contributed by atoms with Crippen molar-refractivity contribution in [1.82, 2.24) is 0 Å². The van der Waals surface area contributed by atoms with Crippen LogP contribution < -0.4 is 5.63 Å². The van der Waals surface area contributed by atoms with Crippen LogP contribution >= 0.6 is 0 Å². The van der Waals surface area contributed by atoms with E-state index in [4.69, 9.17) is 9.95 Å². The summed E-state index contributed by atoms with van der Waals surface area (Å²) in [6, 6.07) is 8.52. The van der Waals surface area contributed by atoms with Gasteiger partial charge in [0.15, 0.2) is 0 Å². The van der Waals surface area contributed by atoms with Gasteiger partial charge >= 0.3 is 5.63 Å². The first-order valence-electron chi connectivity index (χ1n) is 3.89. The van der Waals surface area contributed by atoms with Gasteiger partial charge in [-0.25, -0.2) is 4.79 Å². The molecule has 1 aromatic heterocycles. The highest BCUT2D eigenvalue weighted by molar-refractivity contribution is 5.78. The molecule has 0 atom stereocenters. The van der Waals surface area contributed by atoms with Crippen molar-refractivity contribution in [2.75, 3.05) is 0 Å². The topological polar surface area (TPSA) is 79.0 Å². The fraction of sp³-hybridized carbons (Fsp3) is 0. The highest BCUT2D eigenvalue weighted by atomic mass is 16.4. The summed E-state index contributed by atoms with van der Waals surface area (Å²) in [6.07, 6.45) is 0. The summed E-state index contributed by atoms with van der Waals surface area (Å²) in [6.45, 7) is 0. The van der Waals surface area contributed by atoms with Gasteiger partial charge in [-0.1, -0.05) is 23.3 Å². The summed E-state index contributed by atoms with van der Waals surface area (Å²) in [5.74, 6) is 0. The van der Waals surface area contributed by atoms with Crippen LogP contribution in [-0.4, -0.2) is 0 Å². The number of hydrogen-bond donors (Lipinski definition) is 0. The molecule has 0 unspecified atom stereocenters. The van der Waals surface area contributed by atoms with Gasteiger partial charge < -0.3 is 4.42 Å². The van der Waals surface area contributed by atoms with Crippen molar-refractivity contribution in [3.63, 3.8) is 0 Å². The first-order chi connectivity index (χ1) is 6.81. The van der Waals surface area contributed by atoms with Crippen LogP contribution in [-0.2, 0) is 0 Å². The number of azide groups is 1. The first kappa shape index (κ1) is 8.34. The second-order valence-electron chi connectivity index (χ2n) is 2.65. The maximum Gasteiger partial charge on any atom is 0.345 e. The lowest BCUT2D eigenvalue weighted by Gasteiger charge is -1.95. The Labute approximate surface area is 78.2 Å². The Kier molecular flexibility index (Phi) is 1.93. The summed E-state index contributed by atoms with van der Waals surface area (Å²) in [4.78, 5) is 13.7. The van der Waals surface area contributed by atoms with E-state index in [9.17, 15) is 4.79 Å². The van der Waals surface area contributed by atoms with Crippen molar-refractivity contribution in [3.8, 4) is 0 Å². The van der Waals surface area contributed by atoms with Gasteiger partial charge in [0.1, 0.15) is 11.3 Å². The van der Waals surface area contributed by atoms with E-state index >= 15 is 0 Å². The smallest absolute Gasteiger partial charge is 0.345 e. The minimum atomic E-state index is -0.624. The van der Waals surface area contributed by atoms with Crippen molar-refractivity contribution in [2.45, 2.75) is 0 Å². The predicted octanol–water partition coefficient (Wildman–Crippen LogP) is 2.73. The minimum Gasteiger partial charge on any atom is -0.422 e. The van der Waals surface area contributed by atoms with Crippen LogP contribution in [0.25, 0.3) is 21.4 Å². The lowest BCUT2D eigenvalue weighted by atomic mass is 10.2. The van der Waals surface area contributed by atoms with Crippen molar-refractivity contribution < 1.29 is 4.42 Å². The van der Waals surface area contributed by atoms with Crippen molar-refractivity contribution in [3.05, 3.63) is 51.2 Å². The second-order valence-corrected chi connectivity index (χ2v) is 2.65. The lowest BCUT2D eigenvalue weighted by Crippen LogP contribution is -1.96. The zero-order chi connectivity index (χ0) is 9.97. The van der Waals surface area contributed by atoms with Gasteiger partial charge in [-0.15, -0.1) is 0 Å². The average molecular weight is 187 g/mol. The van der Waals surface area contributed by atoms with Crippen molar-refractivity contribution in [2.24, 2.45) is 5.11 Å². The van der Waals surface area contributed by atoms with Crippen LogP contribution in [0.15, 0.2) is 44.7 Å². The Balaban J connectivity index is 2.83. The molecular formula is C9H5N3O2. The summed E-state index contributed by atoms with van der Waals surface area (Å²) < 4.78 is 4.92.